The number of rotatable bonds is 3. The molecule has 106 valence electrons. The third-order valence-electron chi connectivity index (χ3n) is 3.36. The van der Waals surface area contributed by atoms with E-state index in [0.29, 0.717) is 0 Å². The van der Waals surface area contributed by atoms with Gasteiger partial charge in [-0.3, -0.25) is 4.79 Å². The summed E-state index contributed by atoms with van der Waals surface area (Å²) in [5.74, 6) is 7.24. The first kappa shape index (κ1) is 15.0. The van der Waals surface area contributed by atoms with Gasteiger partial charge in [-0.2, -0.15) is 0 Å². The molecule has 0 aliphatic carbocycles. The Kier molecular flexibility index (Phi) is 6.01. The van der Waals surface area contributed by atoms with E-state index in [-0.39, 0.29) is 5.12 Å². The molecule has 0 unspecified atom stereocenters. The summed E-state index contributed by atoms with van der Waals surface area (Å²) in [4.78, 5) is 13.3. The van der Waals surface area contributed by atoms with Crippen LogP contribution >= 0.6 is 11.8 Å². The van der Waals surface area contributed by atoms with E-state index in [0.717, 1.165) is 30.8 Å². The highest BCUT2D eigenvalue weighted by Crippen LogP contribution is 2.23. The van der Waals surface area contributed by atoms with Crippen molar-refractivity contribution < 1.29 is 4.79 Å². The zero-order valence-electron chi connectivity index (χ0n) is 12.0. The van der Waals surface area contributed by atoms with Crippen LogP contribution in [0.5, 0.6) is 0 Å². The molecule has 1 aliphatic rings. The Bertz CT molecular complexity index is 509. The first-order chi connectivity index (χ1) is 9.77. The maximum absolute atomic E-state index is 10.8. The van der Waals surface area contributed by atoms with Crippen LogP contribution in [0.25, 0.3) is 0 Å². The lowest BCUT2D eigenvalue weighted by molar-refractivity contribution is -0.109. The van der Waals surface area contributed by atoms with Gasteiger partial charge in [0.2, 0.25) is 0 Å². The molecule has 1 fully saturated rings. The fourth-order valence-corrected chi connectivity index (χ4v) is 2.89. The molecule has 0 saturated carbocycles. The second-order valence-corrected chi connectivity index (χ2v) is 6.23. The quantitative estimate of drug-likeness (QED) is 0.624. The Labute approximate surface area is 125 Å². The van der Waals surface area contributed by atoms with Crippen LogP contribution < -0.4 is 4.90 Å². The zero-order chi connectivity index (χ0) is 14.2. The number of carbonyl (C=O) groups excluding carboxylic acids is 1. The fraction of sp³-hybridized carbons (Fsp3) is 0.471. The summed E-state index contributed by atoms with van der Waals surface area (Å²) in [6, 6.07) is 8.39. The smallest absolute Gasteiger partial charge is 0.185 e. The van der Waals surface area contributed by atoms with E-state index in [1.165, 1.54) is 36.7 Å². The molecule has 3 heteroatoms. The van der Waals surface area contributed by atoms with E-state index in [2.05, 4.69) is 34.9 Å². The first-order valence-corrected chi connectivity index (χ1v) is 8.22. The number of benzene rings is 1. The lowest BCUT2D eigenvalue weighted by atomic mass is 10.1. The standard InChI is InChI=1S/C17H21NOS/c1-15(19)20-14-8-5-10-16-9-3-4-11-17(16)18-12-6-2-7-13-18/h3-4,9,11H,2,6-8,12-14H2,1H3. The molecule has 0 aromatic heterocycles. The molecule has 0 atom stereocenters. The summed E-state index contributed by atoms with van der Waals surface area (Å²) in [6.07, 6.45) is 4.65. The fourth-order valence-electron chi connectivity index (χ4n) is 2.39. The van der Waals surface area contributed by atoms with Crippen LogP contribution in [-0.2, 0) is 4.79 Å². The van der Waals surface area contributed by atoms with Crippen LogP contribution in [0.1, 0.15) is 38.2 Å². The summed E-state index contributed by atoms with van der Waals surface area (Å²) < 4.78 is 0. The molecule has 0 radical (unpaired) electrons. The van der Waals surface area contributed by atoms with Gasteiger partial charge in [-0.1, -0.05) is 35.7 Å². The highest BCUT2D eigenvalue weighted by molar-refractivity contribution is 8.13. The van der Waals surface area contributed by atoms with E-state index in [4.69, 9.17) is 0 Å². The predicted molar refractivity (Wildman–Crippen MR) is 87.1 cm³/mol. The van der Waals surface area contributed by atoms with Crippen molar-refractivity contribution in [2.75, 3.05) is 23.7 Å². The first-order valence-electron chi connectivity index (χ1n) is 7.23. The molecule has 0 N–H and O–H groups in total. The van der Waals surface area contributed by atoms with Crippen molar-refractivity contribution >= 4 is 22.6 Å². The summed E-state index contributed by atoms with van der Waals surface area (Å²) in [5, 5.41) is 0.167. The SMILES string of the molecule is CC(=O)SCCC#Cc1ccccc1N1CCCCC1. The summed E-state index contributed by atoms with van der Waals surface area (Å²) >= 11 is 1.35. The second-order valence-electron chi connectivity index (χ2n) is 4.96. The van der Waals surface area contributed by atoms with Crippen LogP contribution in [0.4, 0.5) is 5.69 Å². The summed E-state index contributed by atoms with van der Waals surface area (Å²) in [7, 11) is 0. The van der Waals surface area contributed by atoms with Gasteiger partial charge in [0, 0.05) is 37.8 Å². The molecule has 1 heterocycles. The van der Waals surface area contributed by atoms with E-state index in [1.807, 2.05) is 6.07 Å². The van der Waals surface area contributed by atoms with Gasteiger partial charge in [0.05, 0.1) is 5.69 Å². The summed E-state index contributed by atoms with van der Waals surface area (Å²) in [5.41, 5.74) is 2.38. The molecule has 0 spiro atoms. The molecule has 0 amide bonds. The molecule has 1 saturated heterocycles. The largest absolute Gasteiger partial charge is 0.371 e. The molecule has 1 aliphatic heterocycles. The van der Waals surface area contributed by atoms with E-state index < -0.39 is 0 Å². The van der Waals surface area contributed by atoms with E-state index >= 15 is 0 Å². The van der Waals surface area contributed by atoms with Crippen molar-refractivity contribution in [2.24, 2.45) is 0 Å². The Balaban J connectivity index is 2.00. The average Bonchev–Trinajstić information content (AvgIpc) is 2.48. The van der Waals surface area contributed by atoms with Gasteiger partial charge in [0.15, 0.2) is 5.12 Å². The highest BCUT2D eigenvalue weighted by Gasteiger charge is 2.12. The molecule has 2 rings (SSSR count). The number of piperidine rings is 1. The van der Waals surface area contributed by atoms with Gasteiger partial charge in [-0.25, -0.2) is 0 Å². The normalized spacial score (nSPS) is 14.6. The lowest BCUT2D eigenvalue weighted by Gasteiger charge is -2.29. The van der Waals surface area contributed by atoms with Crippen molar-refractivity contribution in [3.05, 3.63) is 29.8 Å². The topological polar surface area (TPSA) is 20.3 Å². The molecule has 2 nitrogen and oxygen atoms in total. The number of para-hydroxylation sites is 1. The van der Waals surface area contributed by atoms with Crippen LogP contribution in [0.2, 0.25) is 0 Å². The number of hydrogen-bond acceptors (Lipinski definition) is 3. The molecule has 1 aromatic carbocycles. The van der Waals surface area contributed by atoms with Gasteiger partial charge in [-0.05, 0) is 31.4 Å². The Hall–Kier alpha value is -1.40. The van der Waals surface area contributed by atoms with Crippen LogP contribution in [0.3, 0.4) is 0 Å². The van der Waals surface area contributed by atoms with Crippen LogP contribution in [0.15, 0.2) is 24.3 Å². The Morgan fingerprint density at radius 3 is 2.75 bits per heavy atom. The van der Waals surface area contributed by atoms with Crippen molar-refractivity contribution in [2.45, 2.75) is 32.6 Å². The monoisotopic (exact) mass is 287 g/mol. The van der Waals surface area contributed by atoms with Gasteiger partial charge in [0.1, 0.15) is 0 Å². The number of hydrogen-bond donors (Lipinski definition) is 0. The van der Waals surface area contributed by atoms with Crippen LogP contribution in [-0.4, -0.2) is 24.0 Å². The van der Waals surface area contributed by atoms with Gasteiger partial charge in [-0.15, -0.1) is 0 Å². The highest BCUT2D eigenvalue weighted by atomic mass is 32.2. The third kappa shape index (κ3) is 4.61. The Morgan fingerprint density at radius 2 is 2.00 bits per heavy atom. The average molecular weight is 287 g/mol. The third-order valence-corrected chi connectivity index (χ3v) is 4.17. The lowest BCUT2D eigenvalue weighted by Crippen LogP contribution is -2.29. The predicted octanol–water partition coefficient (Wildman–Crippen LogP) is 3.70. The molecule has 20 heavy (non-hydrogen) atoms. The van der Waals surface area contributed by atoms with Gasteiger partial charge >= 0.3 is 0 Å². The van der Waals surface area contributed by atoms with Crippen molar-refractivity contribution in [3.63, 3.8) is 0 Å². The maximum atomic E-state index is 10.8. The van der Waals surface area contributed by atoms with Crippen molar-refractivity contribution in [1.82, 2.24) is 0 Å². The summed E-state index contributed by atoms with van der Waals surface area (Å²) in [6.45, 7) is 3.88. The second kappa shape index (κ2) is 8.01. The molecule has 0 bridgehead atoms. The molecular formula is C17H21NOS. The minimum absolute atomic E-state index is 0.167. The minimum Gasteiger partial charge on any atom is -0.371 e. The van der Waals surface area contributed by atoms with Crippen molar-refractivity contribution in [3.8, 4) is 11.8 Å². The Morgan fingerprint density at radius 1 is 1.25 bits per heavy atom. The van der Waals surface area contributed by atoms with Gasteiger partial charge in [0.25, 0.3) is 0 Å². The maximum Gasteiger partial charge on any atom is 0.185 e. The minimum atomic E-state index is 0.167. The number of anilines is 1. The number of thioether (sulfide) groups is 1. The number of carbonyl (C=O) groups is 1. The van der Waals surface area contributed by atoms with Crippen molar-refractivity contribution in [1.29, 1.82) is 0 Å². The number of nitrogens with zero attached hydrogens (tertiary/aromatic N) is 1. The molecule has 1 aromatic rings. The van der Waals surface area contributed by atoms with Crippen LogP contribution in [0, 0.1) is 11.8 Å². The van der Waals surface area contributed by atoms with Gasteiger partial charge < -0.3 is 4.90 Å². The van der Waals surface area contributed by atoms with E-state index in [9.17, 15) is 4.79 Å². The van der Waals surface area contributed by atoms with E-state index in [1.54, 1.807) is 6.92 Å². The zero-order valence-corrected chi connectivity index (χ0v) is 12.8. The molecular weight excluding hydrogens is 266 g/mol.